The minimum atomic E-state index is -4.48. The molecule has 0 saturated heterocycles. The molecule has 0 atom stereocenters. The summed E-state index contributed by atoms with van der Waals surface area (Å²) in [5.74, 6) is -0.768. The number of benzene rings is 1. The quantitative estimate of drug-likeness (QED) is 0.612. The van der Waals surface area contributed by atoms with E-state index in [1.54, 1.807) is 0 Å². The van der Waals surface area contributed by atoms with E-state index < -0.39 is 17.5 Å². The fourth-order valence-corrected chi connectivity index (χ4v) is 1.68. The lowest BCUT2D eigenvalue weighted by Gasteiger charge is -2.07. The molecule has 0 N–H and O–H groups in total. The molecule has 0 aromatic heterocycles. The second-order valence-electron chi connectivity index (χ2n) is 4.42. The summed E-state index contributed by atoms with van der Waals surface area (Å²) in [7, 11) is 0. The van der Waals surface area contributed by atoms with E-state index in [1.165, 1.54) is 12.1 Å². The topological polar surface area (TPSA) is 34.1 Å². The summed E-state index contributed by atoms with van der Waals surface area (Å²) in [5, 5.41) is 0. The van der Waals surface area contributed by atoms with Crippen LogP contribution >= 0.6 is 0 Å². The van der Waals surface area contributed by atoms with Gasteiger partial charge in [-0.2, -0.15) is 13.2 Å². The first-order chi connectivity index (χ1) is 8.38. The van der Waals surface area contributed by atoms with Crippen LogP contribution in [-0.2, 0) is 11.0 Å². The molecule has 1 aromatic rings. The highest BCUT2D eigenvalue weighted by Crippen LogP contribution is 2.32. The third-order valence-electron chi connectivity index (χ3n) is 2.88. The number of hydrogen-bond donors (Lipinski definition) is 0. The smallest absolute Gasteiger partial charge is 0.299 e. The van der Waals surface area contributed by atoms with Gasteiger partial charge < -0.3 is 0 Å². The van der Waals surface area contributed by atoms with Crippen LogP contribution in [0.15, 0.2) is 24.3 Å². The number of ketones is 2. The molecule has 0 bridgehead atoms. The monoisotopic (exact) mass is 256 g/mol. The number of Topliss-reactive ketones (excluding diaryl/α,β-unsaturated/α-hetero) is 2. The molecule has 0 radical (unpaired) electrons. The van der Waals surface area contributed by atoms with Crippen molar-refractivity contribution in [3.05, 3.63) is 35.4 Å². The molecule has 96 valence electrons. The molecule has 5 heteroatoms. The Hall–Kier alpha value is -1.65. The van der Waals surface area contributed by atoms with Gasteiger partial charge in [-0.05, 0) is 25.0 Å². The summed E-state index contributed by atoms with van der Waals surface area (Å²) in [4.78, 5) is 23.1. The van der Waals surface area contributed by atoms with Gasteiger partial charge in [0, 0.05) is 11.5 Å². The van der Waals surface area contributed by atoms with Crippen molar-refractivity contribution in [1.29, 1.82) is 0 Å². The summed E-state index contributed by atoms with van der Waals surface area (Å²) in [5.41, 5.74) is -0.925. The van der Waals surface area contributed by atoms with Crippen molar-refractivity contribution >= 4 is 11.6 Å². The molecule has 0 spiro atoms. The zero-order chi connectivity index (χ0) is 13.3. The van der Waals surface area contributed by atoms with E-state index >= 15 is 0 Å². The average Bonchev–Trinajstić information content (AvgIpc) is 3.11. The van der Waals surface area contributed by atoms with Gasteiger partial charge in [0.25, 0.3) is 0 Å². The Morgan fingerprint density at radius 2 is 1.89 bits per heavy atom. The maximum absolute atomic E-state index is 12.5. The molecule has 18 heavy (non-hydrogen) atoms. The molecule has 2 nitrogen and oxygen atoms in total. The maximum atomic E-state index is 12.5. The predicted octanol–water partition coefficient (Wildman–Crippen LogP) is 3.26. The average molecular weight is 256 g/mol. The Bertz CT molecular complexity index is 487. The van der Waals surface area contributed by atoms with Crippen molar-refractivity contribution in [3.8, 4) is 0 Å². The Morgan fingerprint density at radius 3 is 2.44 bits per heavy atom. The number of carbonyl (C=O) groups excluding carboxylic acids is 2. The van der Waals surface area contributed by atoms with Crippen LogP contribution < -0.4 is 0 Å². The zero-order valence-electron chi connectivity index (χ0n) is 9.46. The Kier molecular flexibility index (Phi) is 3.24. The van der Waals surface area contributed by atoms with Gasteiger partial charge in [-0.1, -0.05) is 12.1 Å². The molecule has 0 amide bonds. The highest BCUT2D eigenvalue weighted by molar-refractivity contribution is 6.09. The van der Waals surface area contributed by atoms with Gasteiger partial charge in [0.15, 0.2) is 5.78 Å². The molecule has 1 fully saturated rings. The predicted molar refractivity (Wildman–Crippen MR) is 58.1 cm³/mol. The van der Waals surface area contributed by atoms with E-state index in [0.717, 1.165) is 25.0 Å². The van der Waals surface area contributed by atoms with Gasteiger partial charge >= 0.3 is 6.18 Å². The van der Waals surface area contributed by atoms with Crippen molar-refractivity contribution in [1.82, 2.24) is 0 Å². The first kappa shape index (κ1) is 12.8. The third-order valence-corrected chi connectivity index (χ3v) is 2.88. The Balaban J connectivity index is 2.12. The van der Waals surface area contributed by atoms with Crippen LogP contribution in [0.3, 0.4) is 0 Å². The second kappa shape index (κ2) is 4.55. The van der Waals surface area contributed by atoms with Crippen LogP contribution in [0.1, 0.15) is 35.2 Å². The van der Waals surface area contributed by atoms with Gasteiger partial charge in [-0.25, -0.2) is 0 Å². The lowest BCUT2D eigenvalue weighted by atomic mass is 10.0. The molecule has 1 aromatic carbocycles. The SMILES string of the molecule is O=C(CC(=O)C1CC1)c1cccc(C(F)(F)F)c1. The van der Waals surface area contributed by atoms with Crippen LogP contribution in [0.2, 0.25) is 0 Å². The van der Waals surface area contributed by atoms with Crippen LogP contribution in [0, 0.1) is 5.92 Å². The van der Waals surface area contributed by atoms with Crippen molar-refractivity contribution in [2.75, 3.05) is 0 Å². The Labute approximate surface area is 102 Å². The third kappa shape index (κ3) is 2.97. The van der Waals surface area contributed by atoms with Crippen LogP contribution in [-0.4, -0.2) is 11.6 Å². The van der Waals surface area contributed by atoms with E-state index in [4.69, 9.17) is 0 Å². The van der Waals surface area contributed by atoms with E-state index in [-0.39, 0.29) is 23.7 Å². The molecule has 1 saturated carbocycles. The number of rotatable bonds is 4. The first-order valence-corrected chi connectivity index (χ1v) is 5.61. The van der Waals surface area contributed by atoms with E-state index in [2.05, 4.69) is 0 Å². The van der Waals surface area contributed by atoms with E-state index in [0.29, 0.717) is 0 Å². The summed E-state index contributed by atoms with van der Waals surface area (Å²) in [6.45, 7) is 0. The molecular formula is C13H11F3O2. The molecule has 1 aliphatic carbocycles. The molecule has 0 aliphatic heterocycles. The van der Waals surface area contributed by atoms with Crippen molar-refractivity contribution in [2.24, 2.45) is 5.92 Å². The number of carbonyl (C=O) groups is 2. The number of hydrogen-bond acceptors (Lipinski definition) is 2. The number of halogens is 3. The second-order valence-corrected chi connectivity index (χ2v) is 4.42. The van der Waals surface area contributed by atoms with Crippen molar-refractivity contribution in [2.45, 2.75) is 25.4 Å². The van der Waals surface area contributed by atoms with Crippen LogP contribution in [0.5, 0.6) is 0 Å². The van der Waals surface area contributed by atoms with Crippen molar-refractivity contribution < 1.29 is 22.8 Å². The summed E-state index contributed by atoms with van der Waals surface area (Å²) in [6.07, 6.45) is -3.20. The highest BCUT2D eigenvalue weighted by Gasteiger charge is 2.33. The normalized spacial score (nSPS) is 15.5. The van der Waals surface area contributed by atoms with Gasteiger partial charge in [-0.3, -0.25) is 9.59 Å². The fraction of sp³-hybridized carbons (Fsp3) is 0.385. The van der Waals surface area contributed by atoms with Crippen LogP contribution in [0.25, 0.3) is 0 Å². The molecule has 0 heterocycles. The summed E-state index contributed by atoms with van der Waals surface area (Å²) in [6, 6.07) is 4.18. The lowest BCUT2D eigenvalue weighted by Crippen LogP contribution is -2.11. The van der Waals surface area contributed by atoms with E-state index in [1.807, 2.05) is 0 Å². The molecule has 0 unspecified atom stereocenters. The lowest BCUT2D eigenvalue weighted by molar-refractivity contribution is -0.137. The molecule has 1 aliphatic rings. The summed E-state index contributed by atoms with van der Waals surface area (Å²) >= 11 is 0. The van der Waals surface area contributed by atoms with Gasteiger partial charge in [-0.15, -0.1) is 0 Å². The van der Waals surface area contributed by atoms with Crippen LogP contribution in [0.4, 0.5) is 13.2 Å². The first-order valence-electron chi connectivity index (χ1n) is 5.61. The highest BCUT2D eigenvalue weighted by atomic mass is 19.4. The van der Waals surface area contributed by atoms with E-state index in [9.17, 15) is 22.8 Å². The molecular weight excluding hydrogens is 245 g/mol. The summed E-state index contributed by atoms with van der Waals surface area (Å²) < 4.78 is 37.4. The van der Waals surface area contributed by atoms with Gasteiger partial charge in [0.2, 0.25) is 0 Å². The maximum Gasteiger partial charge on any atom is 0.416 e. The fourth-order valence-electron chi connectivity index (χ4n) is 1.68. The molecule has 2 rings (SSSR count). The largest absolute Gasteiger partial charge is 0.416 e. The van der Waals surface area contributed by atoms with Gasteiger partial charge in [0.1, 0.15) is 5.78 Å². The standard InChI is InChI=1S/C13H11F3O2/c14-13(15,16)10-3-1-2-9(6-10)12(18)7-11(17)8-4-5-8/h1-3,6,8H,4-5,7H2. The Morgan fingerprint density at radius 1 is 1.22 bits per heavy atom. The minimum Gasteiger partial charge on any atom is -0.299 e. The zero-order valence-corrected chi connectivity index (χ0v) is 9.46. The van der Waals surface area contributed by atoms with Gasteiger partial charge in [0.05, 0.1) is 12.0 Å². The number of alkyl halides is 3. The van der Waals surface area contributed by atoms with Crippen molar-refractivity contribution in [3.63, 3.8) is 0 Å². The minimum absolute atomic E-state index is 0.0558.